The molecule has 0 fully saturated rings. The Hall–Kier alpha value is -3.30. The number of anilines is 2. The molecule has 0 radical (unpaired) electrons. The Morgan fingerprint density at radius 1 is 1.33 bits per heavy atom. The lowest BCUT2D eigenvalue weighted by atomic mass is 10.1. The van der Waals surface area contributed by atoms with Gasteiger partial charge >= 0.3 is 12.1 Å². The van der Waals surface area contributed by atoms with Gasteiger partial charge in [-0.15, -0.1) is 0 Å². The molecule has 1 aromatic carbocycles. The van der Waals surface area contributed by atoms with Gasteiger partial charge in [-0.05, 0) is 25.1 Å². The van der Waals surface area contributed by atoms with Crippen molar-refractivity contribution in [3.05, 3.63) is 52.1 Å². The molecular formula is C17H15F3N4O3. The Morgan fingerprint density at radius 3 is 2.74 bits per heavy atom. The second kappa shape index (κ2) is 6.78. The number of carbonyl (C=O) groups is 1. The summed E-state index contributed by atoms with van der Waals surface area (Å²) in [7, 11) is 1.25. The number of benzene rings is 1. The standard InChI is InChI=1S/C17H15F3N4O3/c1-3-27-15(26)11-8-21-16(23-11)22-9-4-5-12-10(6-9)13(25)7-14(24(12)2)17(18,19)20/h4-8H,3H2,1-2H3,(H2,21,22,23). The van der Waals surface area contributed by atoms with Crippen LogP contribution in [0, 0.1) is 0 Å². The molecule has 0 atom stereocenters. The number of nitrogens with one attached hydrogen (secondary N) is 2. The van der Waals surface area contributed by atoms with Gasteiger partial charge in [-0.25, -0.2) is 9.78 Å². The van der Waals surface area contributed by atoms with Gasteiger partial charge in [-0.1, -0.05) is 0 Å². The van der Waals surface area contributed by atoms with Crippen molar-refractivity contribution in [3.8, 4) is 0 Å². The summed E-state index contributed by atoms with van der Waals surface area (Å²) in [5, 5.41) is 2.98. The summed E-state index contributed by atoms with van der Waals surface area (Å²) < 4.78 is 44.8. The number of alkyl halides is 3. The molecule has 2 heterocycles. The number of fused-ring (bicyclic) bond motifs is 1. The second-order valence-electron chi connectivity index (χ2n) is 5.67. The number of esters is 1. The first-order valence-corrected chi connectivity index (χ1v) is 7.91. The van der Waals surface area contributed by atoms with E-state index in [1.165, 1.54) is 31.4 Å². The molecule has 7 nitrogen and oxygen atoms in total. The predicted molar refractivity (Wildman–Crippen MR) is 92.0 cm³/mol. The summed E-state index contributed by atoms with van der Waals surface area (Å²) >= 11 is 0. The second-order valence-corrected chi connectivity index (χ2v) is 5.67. The summed E-state index contributed by atoms with van der Waals surface area (Å²) in [5.74, 6) is -0.341. The van der Waals surface area contributed by atoms with Crippen molar-refractivity contribution in [3.63, 3.8) is 0 Å². The summed E-state index contributed by atoms with van der Waals surface area (Å²) in [5.41, 5.74) is -1.06. The normalized spacial score (nSPS) is 11.6. The van der Waals surface area contributed by atoms with E-state index in [-0.39, 0.29) is 29.2 Å². The SMILES string of the molecule is CCOC(=O)c1cnc(Nc2ccc3c(c2)c(=O)cc(C(F)(F)F)n3C)[nH]1. The molecule has 2 aromatic heterocycles. The van der Waals surface area contributed by atoms with Crippen LogP contribution in [0.5, 0.6) is 0 Å². The minimum absolute atomic E-state index is 0.118. The number of aryl methyl sites for hydroxylation is 1. The number of pyridine rings is 1. The molecule has 142 valence electrons. The topological polar surface area (TPSA) is 89.0 Å². The Kier molecular flexibility index (Phi) is 4.64. The Balaban J connectivity index is 1.95. The van der Waals surface area contributed by atoms with E-state index in [1.54, 1.807) is 6.92 Å². The maximum atomic E-state index is 13.0. The predicted octanol–water partition coefficient (Wildman–Crippen LogP) is 3.20. The zero-order chi connectivity index (χ0) is 19.8. The number of aromatic amines is 1. The van der Waals surface area contributed by atoms with E-state index in [0.29, 0.717) is 11.8 Å². The number of hydrogen-bond donors (Lipinski definition) is 2. The van der Waals surface area contributed by atoms with Crippen LogP contribution in [-0.2, 0) is 18.0 Å². The average Bonchev–Trinajstić information content (AvgIpc) is 3.06. The molecule has 0 spiro atoms. The molecule has 0 amide bonds. The van der Waals surface area contributed by atoms with Crippen LogP contribution in [0.25, 0.3) is 10.9 Å². The van der Waals surface area contributed by atoms with Crippen LogP contribution < -0.4 is 10.7 Å². The molecule has 0 bridgehead atoms. The Bertz CT molecular complexity index is 1070. The molecule has 10 heteroatoms. The lowest BCUT2D eigenvalue weighted by Gasteiger charge is -2.15. The molecule has 27 heavy (non-hydrogen) atoms. The van der Waals surface area contributed by atoms with Crippen molar-refractivity contribution in [2.75, 3.05) is 11.9 Å². The van der Waals surface area contributed by atoms with Gasteiger partial charge in [-0.2, -0.15) is 13.2 Å². The number of imidazole rings is 1. The van der Waals surface area contributed by atoms with Crippen molar-refractivity contribution in [2.24, 2.45) is 7.05 Å². The molecule has 0 unspecified atom stereocenters. The molecule has 3 rings (SSSR count). The molecule has 0 aliphatic rings. The van der Waals surface area contributed by atoms with Crippen LogP contribution in [0.4, 0.5) is 24.8 Å². The van der Waals surface area contributed by atoms with Gasteiger partial charge in [0.2, 0.25) is 5.95 Å². The number of ether oxygens (including phenoxy) is 1. The molecule has 2 N–H and O–H groups in total. The summed E-state index contributed by atoms with van der Waals surface area (Å²) in [6.07, 6.45) is -3.34. The number of nitrogens with zero attached hydrogens (tertiary/aromatic N) is 2. The van der Waals surface area contributed by atoms with Gasteiger partial charge in [0.05, 0.1) is 18.3 Å². The van der Waals surface area contributed by atoms with Gasteiger partial charge in [-0.3, -0.25) is 4.79 Å². The number of rotatable bonds is 4. The third kappa shape index (κ3) is 3.64. The van der Waals surface area contributed by atoms with Gasteiger partial charge in [0, 0.05) is 24.2 Å². The van der Waals surface area contributed by atoms with Crippen molar-refractivity contribution in [1.29, 1.82) is 0 Å². The first-order valence-electron chi connectivity index (χ1n) is 7.91. The Labute approximate surface area is 150 Å². The smallest absolute Gasteiger partial charge is 0.431 e. The fourth-order valence-electron chi connectivity index (χ4n) is 2.64. The molecule has 0 saturated heterocycles. The van der Waals surface area contributed by atoms with Crippen LogP contribution in [0.15, 0.2) is 35.3 Å². The first-order chi connectivity index (χ1) is 12.7. The van der Waals surface area contributed by atoms with Crippen LogP contribution in [-0.4, -0.2) is 27.1 Å². The quantitative estimate of drug-likeness (QED) is 0.679. The van der Waals surface area contributed by atoms with E-state index < -0.39 is 23.3 Å². The van der Waals surface area contributed by atoms with Gasteiger partial charge in [0.25, 0.3) is 0 Å². The van der Waals surface area contributed by atoms with Crippen molar-refractivity contribution >= 4 is 28.5 Å². The summed E-state index contributed by atoms with van der Waals surface area (Å²) in [6, 6.07) is 4.90. The van der Waals surface area contributed by atoms with E-state index in [9.17, 15) is 22.8 Å². The first kappa shape index (κ1) is 18.5. The number of hydrogen-bond acceptors (Lipinski definition) is 5. The van der Waals surface area contributed by atoms with Crippen molar-refractivity contribution in [1.82, 2.24) is 14.5 Å². The number of halogens is 3. The number of H-pyrrole nitrogens is 1. The van der Waals surface area contributed by atoms with Gasteiger partial charge in [0.15, 0.2) is 5.43 Å². The molecular weight excluding hydrogens is 365 g/mol. The summed E-state index contributed by atoms with van der Waals surface area (Å²) in [4.78, 5) is 30.5. The molecule has 0 saturated carbocycles. The summed E-state index contributed by atoms with van der Waals surface area (Å²) in [6.45, 7) is 1.89. The largest absolute Gasteiger partial charge is 0.461 e. The van der Waals surface area contributed by atoms with Crippen molar-refractivity contribution in [2.45, 2.75) is 13.1 Å². The third-order valence-corrected chi connectivity index (χ3v) is 3.88. The highest BCUT2D eigenvalue weighted by Gasteiger charge is 2.34. The lowest BCUT2D eigenvalue weighted by molar-refractivity contribution is -0.143. The molecule has 0 aliphatic heterocycles. The maximum Gasteiger partial charge on any atom is 0.431 e. The highest BCUT2D eigenvalue weighted by atomic mass is 19.4. The number of aromatic nitrogens is 3. The fraction of sp³-hybridized carbons (Fsp3) is 0.235. The minimum atomic E-state index is -4.63. The monoisotopic (exact) mass is 380 g/mol. The van der Waals surface area contributed by atoms with Crippen LogP contribution in [0.3, 0.4) is 0 Å². The van der Waals surface area contributed by atoms with Gasteiger partial charge in [0.1, 0.15) is 11.4 Å². The highest BCUT2D eigenvalue weighted by Crippen LogP contribution is 2.30. The van der Waals surface area contributed by atoms with E-state index in [1.807, 2.05) is 0 Å². The average molecular weight is 380 g/mol. The van der Waals surface area contributed by atoms with E-state index in [2.05, 4.69) is 15.3 Å². The Morgan fingerprint density at radius 2 is 2.07 bits per heavy atom. The molecule has 0 aliphatic carbocycles. The minimum Gasteiger partial charge on any atom is -0.461 e. The van der Waals surface area contributed by atoms with E-state index in [0.717, 1.165) is 4.57 Å². The van der Waals surface area contributed by atoms with Gasteiger partial charge < -0.3 is 19.6 Å². The maximum absolute atomic E-state index is 13.0. The fourth-order valence-corrected chi connectivity index (χ4v) is 2.64. The molecule has 3 aromatic rings. The van der Waals surface area contributed by atoms with Crippen LogP contribution in [0.2, 0.25) is 0 Å². The lowest BCUT2D eigenvalue weighted by Crippen LogP contribution is -2.19. The van der Waals surface area contributed by atoms with E-state index in [4.69, 9.17) is 4.74 Å². The number of carbonyl (C=O) groups excluding carboxylic acids is 1. The van der Waals surface area contributed by atoms with Crippen LogP contribution >= 0.6 is 0 Å². The third-order valence-electron chi connectivity index (χ3n) is 3.88. The zero-order valence-corrected chi connectivity index (χ0v) is 14.3. The zero-order valence-electron chi connectivity index (χ0n) is 14.3. The van der Waals surface area contributed by atoms with Crippen LogP contribution in [0.1, 0.15) is 23.1 Å². The van der Waals surface area contributed by atoms with E-state index >= 15 is 0 Å². The van der Waals surface area contributed by atoms with Crippen molar-refractivity contribution < 1.29 is 22.7 Å². The highest BCUT2D eigenvalue weighted by molar-refractivity contribution is 5.88.